The highest BCUT2D eigenvalue weighted by Gasteiger charge is 2.34. The Kier molecular flexibility index (Phi) is 6.07. The Morgan fingerprint density at radius 1 is 1.12 bits per heavy atom. The van der Waals surface area contributed by atoms with E-state index >= 15 is 0 Å². The molecule has 0 bridgehead atoms. The first-order valence-electron chi connectivity index (χ1n) is 11.4. The van der Waals surface area contributed by atoms with E-state index in [2.05, 4.69) is 11.9 Å². The second kappa shape index (κ2) is 8.65. The highest BCUT2D eigenvalue weighted by Crippen LogP contribution is 2.33. The van der Waals surface area contributed by atoms with Crippen LogP contribution in [0.4, 0.5) is 5.82 Å². The molecule has 0 aliphatic carbocycles. The molecule has 0 N–H and O–H groups in total. The summed E-state index contributed by atoms with van der Waals surface area (Å²) in [5.74, 6) is 1.42. The molecular formula is C24H34N6O2. The molecule has 4 rings (SSSR count). The maximum absolute atomic E-state index is 13.7. The van der Waals surface area contributed by atoms with Crippen LogP contribution in [0, 0.1) is 13.8 Å². The first kappa shape index (κ1) is 22.5. The topological polar surface area (TPSA) is 74.6 Å². The molecule has 0 unspecified atom stereocenters. The van der Waals surface area contributed by atoms with E-state index < -0.39 is 0 Å². The van der Waals surface area contributed by atoms with E-state index in [0.717, 1.165) is 61.5 Å². The molecule has 1 atom stereocenters. The number of hydrogen-bond acceptors (Lipinski definition) is 6. The van der Waals surface area contributed by atoms with Gasteiger partial charge in [0.25, 0.3) is 11.5 Å². The standard InChI is InChI=1S/C24H34N6O2/c1-15-13-16(2)29(6)23(31)20(15)24(32)30-11-8-7-9-19(30)21-25-18-10-12-28(5)14-17(18)22(26-21)27(3)4/h13,19H,7-12,14H2,1-6H3/t19-/m1/s1. The molecule has 1 amide bonds. The number of likely N-dealkylation sites (N-methyl/N-ethyl adjacent to an activating group) is 1. The van der Waals surface area contributed by atoms with Crippen LogP contribution >= 0.6 is 0 Å². The number of carbonyl (C=O) groups is 1. The number of fused-ring (bicyclic) bond motifs is 1. The highest BCUT2D eigenvalue weighted by molar-refractivity contribution is 5.95. The van der Waals surface area contributed by atoms with Gasteiger partial charge in [-0.25, -0.2) is 9.97 Å². The molecule has 2 aliphatic rings. The molecule has 0 spiro atoms. The van der Waals surface area contributed by atoms with Crippen LogP contribution in [0.3, 0.4) is 0 Å². The van der Waals surface area contributed by atoms with Gasteiger partial charge in [-0.1, -0.05) is 0 Å². The number of pyridine rings is 1. The van der Waals surface area contributed by atoms with Crippen molar-refractivity contribution in [3.8, 4) is 0 Å². The van der Waals surface area contributed by atoms with Crippen LogP contribution in [0.2, 0.25) is 0 Å². The lowest BCUT2D eigenvalue weighted by atomic mass is 9.98. The van der Waals surface area contributed by atoms with E-state index in [1.54, 1.807) is 11.6 Å². The van der Waals surface area contributed by atoms with Gasteiger partial charge in [-0.3, -0.25) is 9.59 Å². The van der Waals surface area contributed by atoms with Crippen molar-refractivity contribution in [1.29, 1.82) is 0 Å². The van der Waals surface area contributed by atoms with Gasteiger partial charge in [0, 0.05) is 58.5 Å². The molecule has 32 heavy (non-hydrogen) atoms. The molecule has 1 fully saturated rings. The summed E-state index contributed by atoms with van der Waals surface area (Å²) in [5.41, 5.74) is 3.85. The number of aromatic nitrogens is 3. The number of aryl methyl sites for hydroxylation is 2. The lowest BCUT2D eigenvalue weighted by Crippen LogP contribution is -2.43. The number of nitrogens with zero attached hydrogens (tertiary/aromatic N) is 6. The first-order valence-corrected chi connectivity index (χ1v) is 11.4. The fourth-order valence-electron chi connectivity index (χ4n) is 4.89. The van der Waals surface area contributed by atoms with E-state index in [-0.39, 0.29) is 23.1 Å². The van der Waals surface area contributed by atoms with Gasteiger partial charge >= 0.3 is 0 Å². The molecule has 0 radical (unpaired) electrons. The Balaban J connectivity index is 1.77. The first-order chi connectivity index (χ1) is 15.2. The van der Waals surface area contributed by atoms with Crippen molar-refractivity contribution in [1.82, 2.24) is 24.3 Å². The van der Waals surface area contributed by atoms with E-state index in [1.807, 2.05) is 43.8 Å². The molecule has 2 aromatic heterocycles. The van der Waals surface area contributed by atoms with Crippen LogP contribution in [0.15, 0.2) is 10.9 Å². The summed E-state index contributed by atoms with van der Waals surface area (Å²) in [4.78, 5) is 42.7. The summed E-state index contributed by atoms with van der Waals surface area (Å²) in [6.45, 7) is 6.13. The van der Waals surface area contributed by atoms with Crippen LogP contribution in [-0.2, 0) is 20.0 Å². The predicted molar refractivity (Wildman–Crippen MR) is 125 cm³/mol. The minimum atomic E-state index is -0.236. The van der Waals surface area contributed by atoms with Gasteiger partial charge in [0.15, 0.2) is 5.82 Å². The van der Waals surface area contributed by atoms with Gasteiger partial charge in [-0.05, 0) is 51.8 Å². The van der Waals surface area contributed by atoms with Gasteiger partial charge in [0.2, 0.25) is 0 Å². The number of piperidine rings is 1. The SMILES string of the molecule is Cc1cc(C)n(C)c(=O)c1C(=O)N1CCCC[C@@H]1c1nc2c(c(N(C)C)n1)CN(C)CC2. The zero-order valence-corrected chi connectivity index (χ0v) is 20.1. The van der Waals surface area contributed by atoms with Crippen molar-refractivity contribution < 1.29 is 4.79 Å². The molecule has 1 saturated heterocycles. The van der Waals surface area contributed by atoms with E-state index in [1.165, 1.54) is 5.56 Å². The van der Waals surface area contributed by atoms with Crippen molar-refractivity contribution in [3.63, 3.8) is 0 Å². The minimum absolute atomic E-state index is 0.208. The zero-order valence-electron chi connectivity index (χ0n) is 20.1. The van der Waals surface area contributed by atoms with E-state index in [4.69, 9.17) is 9.97 Å². The Morgan fingerprint density at radius 2 is 1.88 bits per heavy atom. The Labute approximate surface area is 189 Å². The number of rotatable bonds is 3. The molecule has 8 nitrogen and oxygen atoms in total. The van der Waals surface area contributed by atoms with E-state index in [9.17, 15) is 9.59 Å². The lowest BCUT2D eigenvalue weighted by molar-refractivity contribution is 0.0596. The number of likely N-dealkylation sites (tertiary alicyclic amines) is 1. The van der Waals surface area contributed by atoms with Crippen LogP contribution in [-0.4, -0.2) is 64.5 Å². The van der Waals surface area contributed by atoms with Crippen molar-refractivity contribution in [2.45, 2.75) is 52.1 Å². The van der Waals surface area contributed by atoms with Crippen LogP contribution in [0.1, 0.15) is 64.0 Å². The maximum atomic E-state index is 13.7. The van der Waals surface area contributed by atoms with Gasteiger partial charge in [0.05, 0.1) is 11.7 Å². The Morgan fingerprint density at radius 3 is 2.59 bits per heavy atom. The zero-order chi connectivity index (χ0) is 23.2. The Hall–Kier alpha value is -2.74. The Bertz CT molecular complexity index is 1110. The van der Waals surface area contributed by atoms with Gasteiger partial charge in [-0.15, -0.1) is 0 Å². The summed E-state index contributed by atoms with van der Waals surface area (Å²) >= 11 is 0. The van der Waals surface area contributed by atoms with Crippen molar-refractivity contribution in [3.05, 3.63) is 50.3 Å². The fourth-order valence-corrected chi connectivity index (χ4v) is 4.89. The second-order valence-corrected chi connectivity index (χ2v) is 9.43. The summed E-state index contributed by atoms with van der Waals surface area (Å²) in [6.07, 6.45) is 3.62. The average molecular weight is 439 g/mol. The van der Waals surface area contributed by atoms with Crippen LogP contribution < -0.4 is 10.5 Å². The molecule has 0 aromatic carbocycles. The van der Waals surface area contributed by atoms with Crippen molar-refractivity contribution in [2.24, 2.45) is 7.05 Å². The number of amides is 1. The smallest absolute Gasteiger partial charge is 0.263 e. The number of anilines is 1. The van der Waals surface area contributed by atoms with Gasteiger partial charge in [-0.2, -0.15) is 0 Å². The molecule has 8 heteroatoms. The van der Waals surface area contributed by atoms with Gasteiger partial charge < -0.3 is 19.3 Å². The van der Waals surface area contributed by atoms with Crippen molar-refractivity contribution in [2.75, 3.05) is 39.1 Å². The number of carbonyl (C=O) groups excluding carboxylic acids is 1. The largest absolute Gasteiger partial charge is 0.362 e. The third-order valence-electron chi connectivity index (χ3n) is 6.81. The monoisotopic (exact) mass is 438 g/mol. The molecule has 2 aliphatic heterocycles. The minimum Gasteiger partial charge on any atom is -0.362 e. The normalized spacial score (nSPS) is 19.1. The third-order valence-corrected chi connectivity index (χ3v) is 6.81. The van der Waals surface area contributed by atoms with Gasteiger partial charge in [0.1, 0.15) is 11.4 Å². The number of hydrogen-bond donors (Lipinski definition) is 0. The third kappa shape index (κ3) is 3.92. The lowest BCUT2D eigenvalue weighted by Gasteiger charge is -2.36. The summed E-state index contributed by atoms with van der Waals surface area (Å²) in [5, 5.41) is 0. The van der Waals surface area contributed by atoms with Crippen LogP contribution in [0.5, 0.6) is 0 Å². The summed E-state index contributed by atoms with van der Waals surface area (Å²) in [6, 6.07) is 1.69. The quantitative estimate of drug-likeness (QED) is 0.732. The average Bonchev–Trinajstić information content (AvgIpc) is 2.76. The highest BCUT2D eigenvalue weighted by atomic mass is 16.2. The molecule has 172 valence electrons. The van der Waals surface area contributed by atoms with Crippen molar-refractivity contribution >= 4 is 11.7 Å². The molecule has 0 saturated carbocycles. The molecular weight excluding hydrogens is 404 g/mol. The predicted octanol–water partition coefficient (Wildman–Crippen LogP) is 2.21. The summed E-state index contributed by atoms with van der Waals surface area (Å²) < 4.78 is 1.55. The maximum Gasteiger partial charge on any atom is 0.263 e. The molecule has 2 aromatic rings. The second-order valence-electron chi connectivity index (χ2n) is 9.43. The fraction of sp³-hybridized carbons (Fsp3) is 0.583. The molecule has 4 heterocycles. The van der Waals surface area contributed by atoms with Crippen LogP contribution in [0.25, 0.3) is 0 Å². The summed E-state index contributed by atoms with van der Waals surface area (Å²) in [7, 11) is 7.84. The van der Waals surface area contributed by atoms with E-state index in [0.29, 0.717) is 12.4 Å².